The van der Waals surface area contributed by atoms with Gasteiger partial charge in [0.2, 0.25) is 0 Å². The maximum absolute atomic E-state index is 12.1. The smallest absolute Gasteiger partial charge is 0.252 e. The third kappa shape index (κ3) is 4.94. The molecule has 1 atom stereocenters. The fourth-order valence-electron chi connectivity index (χ4n) is 3.48. The summed E-state index contributed by atoms with van der Waals surface area (Å²) in [6.07, 6.45) is 2.39. The van der Waals surface area contributed by atoms with Gasteiger partial charge in [-0.1, -0.05) is 13.8 Å². The highest BCUT2D eigenvalue weighted by Gasteiger charge is 2.32. The molecule has 1 amide bonds. The fourth-order valence-corrected chi connectivity index (χ4v) is 3.48. The lowest BCUT2D eigenvalue weighted by Crippen LogP contribution is -2.52. The number of carbonyl (C=O) groups excluding carboxylic acids is 1. The molecule has 2 aliphatic heterocycles. The number of hydrogen-bond donors (Lipinski definition) is 0. The van der Waals surface area contributed by atoms with E-state index in [1.165, 1.54) is 25.9 Å². The van der Waals surface area contributed by atoms with E-state index >= 15 is 0 Å². The molecule has 5 nitrogen and oxygen atoms in total. The van der Waals surface area contributed by atoms with Crippen molar-refractivity contribution in [1.82, 2.24) is 14.7 Å². The molecular formula is C16H31N3O2. The third-order valence-corrected chi connectivity index (χ3v) is 4.37. The highest BCUT2D eigenvalue weighted by atomic mass is 16.5. The van der Waals surface area contributed by atoms with Crippen molar-refractivity contribution in [3.63, 3.8) is 0 Å². The molecule has 0 aliphatic carbocycles. The molecule has 5 heteroatoms. The van der Waals surface area contributed by atoms with Gasteiger partial charge in [0.15, 0.2) is 0 Å². The average Bonchev–Trinajstić information content (AvgIpc) is 2.89. The van der Waals surface area contributed by atoms with E-state index in [1.807, 2.05) is 0 Å². The van der Waals surface area contributed by atoms with Crippen LogP contribution >= 0.6 is 0 Å². The van der Waals surface area contributed by atoms with Gasteiger partial charge in [0.05, 0.1) is 6.61 Å². The van der Waals surface area contributed by atoms with Crippen LogP contribution in [0.15, 0.2) is 0 Å². The number of rotatable bonds is 5. The summed E-state index contributed by atoms with van der Waals surface area (Å²) in [4.78, 5) is 18.6. The zero-order valence-corrected chi connectivity index (χ0v) is 14.1. The van der Waals surface area contributed by atoms with Crippen molar-refractivity contribution in [2.24, 2.45) is 5.41 Å². The van der Waals surface area contributed by atoms with Gasteiger partial charge in [0, 0.05) is 40.3 Å². The van der Waals surface area contributed by atoms with E-state index in [0.717, 1.165) is 26.2 Å². The molecule has 2 heterocycles. The maximum Gasteiger partial charge on any atom is 0.252 e. The Morgan fingerprint density at radius 2 is 1.76 bits per heavy atom. The van der Waals surface area contributed by atoms with Crippen molar-refractivity contribution >= 4 is 5.91 Å². The first-order valence-electron chi connectivity index (χ1n) is 8.15. The summed E-state index contributed by atoms with van der Waals surface area (Å²) in [6, 6.07) is 0. The van der Waals surface area contributed by atoms with Crippen LogP contribution in [0.4, 0.5) is 0 Å². The van der Waals surface area contributed by atoms with Gasteiger partial charge in [-0.2, -0.15) is 0 Å². The Labute approximate surface area is 129 Å². The highest BCUT2D eigenvalue weighted by molar-refractivity contribution is 5.80. The van der Waals surface area contributed by atoms with Crippen LogP contribution in [-0.2, 0) is 9.53 Å². The van der Waals surface area contributed by atoms with E-state index in [9.17, 15) is 4.79 Å². The molecular weight excluding hydrogens is 266 g/mol. The predicted octanol–water partition coefficient (Wildman–Crippen LogP) is 0.897. The minimum absolute atomic E-state index is 0.0806. The Bertz CT molecular complexity index is 351. The van der Waals surface area contributed by atoms with Crippen molar-refractivity contribution in [2.75, 3.05) is 60.0 Å². The Kier molecular flexibility index (Phi) is 5.63. The summed E-state index contributed by atoms with van der Waals surface area (Å²) in [5.41, 5.74) is 0.257. The monoisotopic (exact) mass is 297 g/mol. The molecule has 2 fully saturated rings. The summed E-state index contributed by atoms with van der Waals surface area (Å²) in [7, 11) is 3.59. The number of carbonyl (C=O) groups is 1. The van der Waals surface area contributed by atoms with E-state index in [2.05, 4.69) is 23.6 Å². The Morgan fingerprint density at radius 1 is 1.14 bits per heavy atom. The first kappa shape index (κ1) is 16.7. The van der Waals surface area contributed by atoms with Crippen LogP contribution in [0, 0.1) is 5.41 Å². The molecule has 0 bridgehead atoms. The lowest BCUT2D eigenvalue weighted by atomic mass is 9.91. The Morgan fingerprint density at radius 3 is 2.38 bits per heavy atom. The van der Waals surface area contributed by atoms with Crippen molar-refractivity contribution < 1.29 is 9.53 Å². The van der Waals surface area contributed by atoms with Crippen molar-refractivity contribution in [1.29, 1.82) is 0 Å². The van der Waals surface area contributed by atoms with Crippen LogP contribution in [-0.4, -0.2) is 86.7 Å². The van der Waals surface area contributed by atoms with Gasteiger partial charge in [-0.15, -0.1) is 0 Å². The topological polar surface area (TPSA) is 36.0 Å². The summed E-state index contributed by atoms with van der Waals surface area (Å²) in [6.45, 7) is 11.7. The van der Waals surface area contributed by atoms with E-state index in [4.69, 9.17) is 4.74 Å². The molecule has 0 N–H and O–H groups in total. The van der Waals surface area contributed by atoms with Gasteiger partial charge < -0.3 is 14.5 Å². The van der Waals surface area contributed by atoms with E-state index in [-0.39, 0.29) is 17.4 Å². The summed E-state index contributed by atoms with van der Waals surface area (Å²) >= 11 is 0. The van der Waals surface area contributed by atoms with E-state index in [0.29, 0.717) is 6.61 Å². The maximum atomic E-state index is 12.1. The summed E-state index contributed by atoms with van der Waals surface area (Å²) in [5, 5.41) is 0. The first-order valence-corrected chi connectivity index (χ1v) is 8.15. The molecule has 2 rings (SSSR count). The molecule has 0 aromatic carbocycles. The molecule has 122 valence electrons. The molecule has 0 spiro atoms. The van der Waals surface area contributed by atoms with E-state index < -0.39 is 0 Å². The van der Waals surface area contributed by atoms with Crippen LogP contribution in [0.3, 0.4) is 0 Å². The average molecular weight is 297 g/mol. The van der Waals surface area contributed by atoms with E-state index in [1.54, 1.807) is 19.0 Å². The minimum Gasteiger partial charge on any atom is -0.366 e. The molecule has 0 radical (unpaired) electrons. The van der Waals surface area contributed by atoms with Crippen LogP contribution in [0.1, 0.15) is 26.7 Å². The molecule has 0 unspecified atom stereocenters. The standard InChI is InChI=1S/C16H31N3O2/c1-16(2,12-18-7-5-6-8-18)13-19-9-10-21-14(11-19)15(20)17(3)4/h14H,5-13H2,1-4H3/t14-/m0/s1. The second kappa shape index (κ2) is 7.07. The summed E-state index contributed by atoms with van der Waals surface area (Å²) < 4.78 is 5.64. The van der Waals surface area contributed by atoms with Crippen LogP contribution < -0.4 is 0 Å². The Balaban J connectivity index is 1.84. The van der Waals surface area contributed by atoms with Crippen LogP contribution in [0.2, 0.25) is 0 Å². The Hall–Kier alpha value is -0.650. The first-order chi connectivity index (χ1) is 9.87. The number of ether oxygens (including phenoxy) is 1. The molecule has 0 aromatic rings. The van der Waals surface area contributed by atoms with Gasteiger partial charge >= 0.3 is 0 Å². The van der Waals surface area contributed by atoms with Crippen molar-refractivity contribution in [2.45, 2.75) is 32.8 Å². The van der Waals surface area contributed by atoms with Crippen molar-refractivity contribution in [3.8, 4) is 0 Å². The van der Waals surface area contributed by atoms with Crippen molar-refractivity contribution in [3.05, 3.63) is 0 Å². The zero-order valence-electron chi connectivity index (χ0n) is 14.1. The molecule has 2 aliphatic rings. The minimum atomic E-state index is -0.295. The summed E-state index contributed by atoms with van der Waals surface area (Å²) in [5.74, 6) is 0.0806. The van der Waals surface area contributed by atoms with Crippen LogP contribution in [0.5, 0.6) is 0 Å². The quantitative estimate of drug-likeness (QED) is 0.755. The molecule has 0 saturated carbocycles. The molecule has 2 saturated heterocycles. The van der Waals surface area contributed by atoms with Crippen LogP contribution in [0.25, 0.3) is 0 Å². The SMILES string of the molecule is CN(C)C(=O)[C@@H]1CN(CC(C)(C)CN2CCCC2)CCO1. The fraction of sp³-hybridized carbons (Fsp3) is 0.938. The van der Waals surface area contributed by atoms with Gasteiger partial charge in [-0.3, -0.25) is 9.69 Å². The van der Waals surface area contributed by atoms with Gasteiger partial charge in [-0.05, 0) is 31.3 Å². The number of hydrogen-bond acceptors (Lipinski definition) is 4. The number of likely N-dealkylation sites (N-methyl/N-ethyl adjacent to an activating group) is 1. The number of amides is 1. The highest BCUT2D eigenvalue weighted by Crippen LogP contribution is 2.23. The van der Waals surface area contributed by atoms with Gasteiger partial charge in [0.1, 0.15) is 6.10 Å². The normalized spacial score (nSPS) is 25.2. The largest absolute Gasteiger partial charge is 0.366 e. The second-order valence-electron chi connectivity index (χ2n) is 7.47. The zero-order chi connectivity index (χ0) is 15.5. The van der Waals surface area contributed by atoms with Gasteiger partial charge in [0.25, 0.3) is 5.91 Å². The number of likely N-dealkylation sites (tertiary alicyclic amines) is 1. The second-order valence-corrected chi connectivity index (χ2v) is 7.47. The lowest BCUT2D eigenvalue weighted by Gasteiger charge is -2.39. The number of nitrogens with zero attached hydrogens (tertiary/aromatic N) is 3. The molecule has 0 aromatic heterocycles. The third-order valence-electron chi connectivity index (χ3n) is 4.37. The predicted molar refractivity (Wildman–Crippen MR) is 84.3 cm³/mol. The number of morpholine rings is 1. The molecule has 21 heavy (non-hydrogen) atoms. The van der Waals surface area contributed by atoms with Gasteiger partial charge in [-0.25, -0.2) is 0 Å². The lowest BCUT2D eigenvalue weighted by molar-refractivity contribution is -0.147.